The third-order valence-electron chi connectivity index (χ3n) is 4.56. The van der Waals surface area contributed by atoms with Crippen LogP contribution in [-0.4, -0.2) is 31.5 Å². The molecule has 2 aliphatic heterocycles. The number of carbonyl (C=O) groups is 1. The van der Waals surface area contributed by atoms with Gasteiger partial charge in [-0.3, -0.25) is 10.2 Å². The maximum atomic E-state index is 13.6. The molecule has 3 aromatic rings. The minimum Gasteiger partial charge on any atom is -0.317 e. The van der Waals surface area contributed by atoms with E-state index in [4.69, 9.17) is 5.41 Å². The van der Waals surface area contributed by atoms with Gasteiger partial charge in [0, 0.05) is 28.9 Å². The van der Waals surface area contributed by atoms with Crippen LogP contribution in [0.25, 0.3) is 11.8 Å². The summed E-state index contributed by atoms with van der Waals surface area (Å²) in [5, 5.41) is 17.6. The van der Waals surface area contributed by atoms with Crippen LogP contribution < -0.4 is 0 Å². The quantitative estimate of drug-likeness (QED) is 0.612. The van der Waals surface area contributed by atoms with E-state index in [1.54, 1.807) is 52.4 Å². The summed E-state index contributed by atoms with van der Waals surface area (Å²) in [6.45, 7) is 0. The zero-order valence-electron chi connectivity index (χ0n) is 15.4. The summed E-state index contributed by atoms with van der Waals surface area (Å²) >= 11 is 2.94. The smallest absolute Gasteiger partial charge is 0.283 e. The Morgan fingerprint density at radius 2 is 2.07 bits per heavy atom. The first kappa shape index (κ1) is 18.7. The lowest BCUT2D eigenvalue weighted by atomic mass is 10.1. The Kier molecular flexibility index (Phi) is 4.68. The second-order valence-corrected chi connectivity index (χ2v) is 8.63. The summed E-state index contributed by atoms with van der Waals surface area (Å²) in [7, 11) is 0. The Morgan fingerprint density at radius 1 is 1.17 bits per heavy atom. The number of nitrogens with one attached hydrogen (secondary N) is 1. The van der Waals surface area contributed by atoms with Gasteiger partial charge in [-0.25, -0.2) is 4.39 Å². The molecule has 6 nitrogen and oxygen atoms in total. The number of hydrogen-bond donors (Lipinski definition) is 1. The van der Waals surface area contributed by atoms with E-state index < -0.39 is 5.91 Å². The number of amidine groups is 2. The van der Waals surface area contributed by atoms with Gasteiger partial charge >= 0.3 is 0 Å². The van der Waals surface area contributed by atoms with Gasteiger partial charge < -0.3 is 4.57 Å². The van der Waals surface area contributed by atoms with Crippen molar-refractivity contribution in [1.82, 2.24) is 9.58 Å². The number of thiophene rings is 1. The molecule has 0 atom stereocenters. The summed E-state index contributed by atoms with van der Waals surface area (Å²) in [6, 6.07) is 13.8. The SMILES string of the molecule is N=C1/C(=C\c2cccn2-c2cccc(F)c2)C(=O)N=C2SC(Cc3cccs3)=NN12. The van der Waals surface area contributed by atoms with Gasteiger partial charge in [0.25, 0.3) is 5.91 Å². The fraction of sp³-hybridized carbons (Fsp3) is 0.0476. The van der Waals surface area contributed by atoms with Crippen molar-refractivity contribution in [2.45, 2.75) is 6.42 Å². The summed E-state index contributed by atoms with van der Waals surface area (Å²) in [4.78, 5) is 17.9. The number of aromatic nitrogens is 1. The lowest BCUT2D eigenvalue weighted by Gasteiger charge is -2.20. The summed E-state index contributed by atoms with van der Waals surface area (Å²) in [5.74, 6) is -0.860. The van der Waals surface area contributed by atoms with Crippen molar-refractivity contribution in [3.63, 3.8) is 0 Å². The van der Waals surface area contributed by atoms with E-state index in [0.717, 1.165) is 9.92 Å². The van der Waals surface area contributed by atoms with Crippen LogP contribution in [0.5, 0.6) is 0 Å². The summed E-state index contributed by atoms with van der Waals surface area (Å²) in [6.07, 6.45) is 4.00. The zero-order chi connectivity index (χ0) is 20.7. The molecule has 30 heavy (non-hydrogen) atoms. The lowest BCUT2D eigenvalue weighted by Crippen LogP contribution is -2.35. The molecule has 1 N–H and O–H groups in total. The Hall–Kier alpha value is -3.30. The van der Waals surface area contributed by atoms with Crippen LogP contribution in [0, 0.1) is 11.2 Å². The monoisotopic (exact) mass is 435 g/mol. The molecular weight excluding hydrogens is 421 g/mol. The van der Waals surface area contributed by atoms with Crippen LogP contribution in [0.2, 0.25) is 0 Å². The van der Waals surface area contributed by atoms with Crippen LogP contribution in [-0.2, 0) is 11.2 Å². The Morgan fingerprint density at radius 3 is 2.87 bits per heavy atom. The molecule has 0 saturated heterocycles. The molecule has 2 aromatic heterocycles. The molecule has 2 aliphatic rings. The van der Waals surface area contributed by atoms with Gasteiger partial charge in [-0.05, 0) is 59.6 Å². The highest BCUT2D eigenvalue weighted by atomic mass is 32.2. The number of aliphatic imine (C=N–C) groups is 1. The number of nitrogens with zero attached hydrogens (tertiary/aromatic N) is 4. The van der Waals surface area contributed by atoms with Crippen molar-refractivity contribution in [2.24, 2.45) is 10.1 Å². The number of thioether (sulfide) groups is 1. The molecule has 0 spiro atoms. The van der Waals surface area contributed by atoms with Crippen LogP contribution in [0.15, 0.2) is 75.8 Å². The number of rotatable bonds is 4. The van der Waals surface area contributed by atoms with Gasteiger partial charge in [-0.15, -0.1) is 11.3 Å². The van der Waals surface area contributed by atoms with Gasteiger partial charge in [0.15, 0.2) is 5.84 Å². The molecule has 148 valence electrons. The fourth-order valence-electron chi connectivity index (χ4n) is 3.19. The zero-order valence-corrected chi connectivity index (χ0v) is 17.1. The number of halogens is 1. The molecule has 0 saturated carbocycles. The van der Waals surface area contributed by atoms with Gasteiger partial charge in [0.2, 0.25) is 5.17 Å². The standard InChI is InChI=1S/C21H14FN5OS2/c22-13-4-1-5-14(10-13)26-8-2-6-15(26)11-17-19(23)27-21(24-20(17)28)30-18(25-27)12-16-7-3-9-29-16/h1-11,23H,12H2/b17-11+,23-19?. The third-order valence-corrected chi connectivity index (χ3v) is 6.35. The Bertz CT molecular complexity index is 1260. The van der Waals surface area contributed by atoms with Crippen molar-refractivity contribution in [1.29, 1.82) is 5.41 Å². The normalized spacial score (nSPS) is 17.4. The van der Waals surface area contributed by atoms with Gasteiger partial charge in [0.05, 0.1) is 5.57 Å². The number of fused-ring (bicyclic) bond motifs is 1. The predicted molar refractivity (Wildman–Crippen MR) is 119 cm³/mol. The maximum absolute atomic E-state index is 13.6. The first-order valence-corrected chi connectivity index (χ1v) is 10.7. The van der Waals surface area contributed by atoms with E-state index in [9.17, 15) is 9.18 Å². The number of carbonyl (C=O) groups excluding carboxylic acids is 1. The van der Waals surface area contributed by atoms with Crippen molar-refractivity contribution >= 4 is 51.1 Å². The van der Waals surface area contributed by atoms with Crippen molar-refractivity contribution in [2.75, 3.05) is 0 Å². The van der Waals surface area contributed by atoms with Crippen LogP contribution in [0.1, 0.15) is 10.6 Å². The number of amides is 1. The van der Waals surface area contributed by atoms with E-state index in [2.05, 4.69) is 10.1 Å². The first-order valence-electron chi connectivity index (χ1n) is 9.03. The molecule has 5 rings (SSSR count). The molecule has 1 amide bonds. The molecule has 9 heteroatoms. The van der Waals surface area contributed by atoms with E-state index in [1.165, 1.54) is 28.9 Å². The predicted octanol–water partition coefficient (Wildman–Crippen LogP) is 4.54. The van der Waals surface area contributed by atoms with Crippen molar-refractivity contribution in [3.8, 4) is 5.69 Å². The highest BCUT2D eigenvalue weighted by Crippen LogP contribution is 2.30. The van der Waals surface area contributed by atoms with Crippen molar-refractivity contribution in [3.05, 3.63) is 82.1 Å². The second kappa shape index (κ2) is 7.51. The lowest BCUT2D eigenvalue weighted by molar-refractivity contribution is -0.114. The van der Waals surface area contributed by atoms with Gasteiger partial charge in [-0.2, -0.15) is 15.1 Å². The number of benzene rings is 1. The van der Waals surface area contributed by atoms with Gasteiger partial charge in [0.1, 0.15) is 10.9 Å². The molecule has 1 aromatic carbocycles. The molecule has 0 aliphatic carbocycles. The van der Waals surface area contributed by atoms with E-state index in [-0.39, 0.29) is 17.2 Å². The molecule has 4 heterocycles. The molecule has 0 bridgehead atoms. The number of hydrazone groups is 1. The third kappa shape index (κ3) is 3.42. The molecule has 0 radical (unpaired) electrons. The van der Waals surface area contributed by atoms with E-state index in [0.29, 0.717) is 23.0 Å². The fourth-order valence-corrected chi connectivity index (χ4v) is 4.89. The Labute approximate surface area is 179 Å². The Balaban J connectivity index is 1.47. The second-order valence-electron chi connectivity index (χ2n) is 6.55. The van der Waals surface area contributed by atoms with E-state index >= 15 is 0 Å². The van der Waals surface area contributed by atoms with E-state index in [1.807, 2.05) is 17.5 Å². The average Bonchev–Trinajstić information content (AvgIpc) is 3.46. The average molecular weight is 436 g/mol. The highest BCUT2D eigenvalue weighted by Gasteiger charge is 2.35. The topological polar surface area (TPSA) is 73.8 Å². The van der Waals surface area contributed by atoms with Crippen LogP contribution in [0.3, 0.4) is 0 Å². The molecular formula is C21H14FN5OS2. The minimum absolute atomic E-state index is 0.0225. The van der Waals surface area contributed by atoms with Gasteiger partial charge in [-0.1, -0.05) is 12.1 Å². The maximum Gasteiger partial charge on any atom is 0.283 e. The summed E-state index contributed by atoms with van der Waals surface area (Å²) in [5.41, 5.74) is 1.40. The number of hydrogen-bond acceptors (Lipinski definition) is 5. The highest BCUT2D eigenvalue weighted by molar-refractivity contribution is 8.27. The minimum atomic E-state index is -0.488. The molecule has 0 fully saturated rings. The first-order chi connectivity index (χ1) is 14.6. The summed E-state index contributed by atoms with van der Waals surface area (Å²) < 4.78 is 15.4. The largest absolute Gasteiger partial charge is 0.317 e. The van der Waals surface area contributed by atoms with Crippen LogP contribution >= 0.6 is 23.1 Å². The molecule has 0 unspecified atom stereocenters. The van der Waals surface area contributed by atoms with Crippen molar-refractivity contribution < 1.29 is 9.18 Å². The van der Waals surface area contributed by atoms with Crippen LogP contribution in [0.4, 0.5) is 4.39 Å².